The molecule has 0 spiro atoms. The molecular formula is C11H15N3. The molecule has 0 aliphatic carbocycles. The fourth-order valence-corrected chi connectivity index (χ4v) is 1.48. The number of anilines is 1. The molecule has 1 saturated heterocycles. The van der Waals surface area contributed by atoms with Crippen molar-refractivity contribution in [2.45, 2.75) is 12.8 Å². The van der Waals surface area contributed by atoms with E-state index in [4.69, 9.17) is 0 Å². The number of para-hydroxylation sites is 1. The van der Waals surface area contributed by atoms with Gasteiger partial charge in [0.2, 0.25) is 0 Å². The van der Waals surface area contributed by atoms with Crippen LogP contribution in [-0.4, -0.2) is 18.8 Å². The summed E-state index contributed by atoms with van der Waals surface area (Å²) >= 11 is 0. The predicted molar refractivity (Wildman–Crippen MR) is 59.6 cm³/mol. The smallest absolute Gasteiger partial charge is 0.0561 e. The molecule has 0 aromatic heterocycles. The lowest BCUT2D eigenvalue weighted by molar-refractivity contribution is 0.670. The Balaban J connectivity index is 1.92. The van der Waals surface area contributed by atoms with Crippen molar-refractivity contribution in [3.63, 3.8) is 0 Å². The Kier molecular flexibility index (Phi) is 3.14. The molecule has 1 aromatic carbocycles. The maximum absolute atomic E-state index is 4.38. The third kappa shape index (κ3) is 2.57. The highest BCUT2D eigenvalue weighted by molar-refractivity contribution is 5.86. The van der Waals surface area contributed by atoms with E-state index in [9.17, 15) is 0 Å². The molecule has 1 heterocycles. The molecule has 1 aliphatic rings. The second-order valence-electron chi connectivity index (χ2n) is 3.41. The average Bonchev–Trinajstić information content (AvgIpc) is 2.29. The lowest BCUT2D eigenvalue weighted by Crippen LogP contribution is -2.28. The van der Waals surface area contributed by atoms with Crippen molar-refractivity contribution in [1.29, 1.82) is 0 Å². The van der Waals surface area contributed by atoms with Gasteiger partial charge in [-0.1, -0.05) is 18.2 Å². The molecule has 1 aromatic rings. The standard InChI is InChI=1S/C11H15N3/c1-2-4-10(5-3-1)13-14-11-6-8-12-9-7-11/h1-5,12-13H,6-9H2. The fourth-order valence-electron chi connectivity index (χ4n) is 1.48. The molecule has 3 heteroatoms. The van der Waals surface area contributed by atoms with Crippen LogP contribution in [0.3, 0.4) is 0 Å². The Bertz CT molecular complexity index is 298. The Morgan fingerprint density at radius 2 is 1.79 bits per heavy atom. The largest absolute Gasteiger partial charge is 0.316 e. The van der Waals surface area contributed by atoms with Crippen molar-refractivity contribution in [2.75, 3.05) is 18.5 Å². The van der Waals surface area contributed by atoms with Crippen LogP contribution < -0.4 is 10.7 Å². The van der Waals surface area contributed by atoms with Gasteiger partial charge in [-0.3, -0.25) is 5.43 Å². The summed E-state index contributed by atoms with van der Waals surface area (Å²) in [7, 11) is 0. The van der Waals surface area contributed by atoms with Crippen LogP contribution in [0.15, 0.2) is 35.4 Å². The van der Waals surface area contributed by atoms with E-state index in [-0.39, 0.29) is 0 Å². The van der Waals surface area contributed by atoms with Gasteiger partial charge in [-0.2, -0.15) is 5.10 Å². The van der Waals surface area contributed by atoms with E-state index < -0.39 is 0 Å². The highest BCUT2D eigenvalue weighted by atomic mass is 15.3. The van der Waals surface area contributed by atoms with Crippen molar-refractivity contribution in [2.24, 2.45) is 5.10 Å². The summed E-state index contributed by atoms with van der Waals surface area (Å²) in [4.78, 5) is 0. The SMILES string of the molecule is c1ccc(NN=C2CCNCC2)cc1. The van der Waals surface area contributed by atoms with Gasteiger partial charge in [0.1, 0.15) is 0 Å². The molecule has 74 valence electrons. The first-order valence-electron chi connectivity index (χ1n) is 5.02. The molecule has 0 atom stereocenters. The predicted octanol–water partition coefficient (Wildman–Crippen LogP) is 1.84. The van der Waals surface area contributed by atoms with Gasteiger partial charge < -0.3 is 5.32 Å². The average molecular weight is 189 g/mol. The second kappa shape index (κ2) is 4.77. The minimum atomic E-state index is 1.05. The quantitative estimate of drug-likeness (QED) is 0.696. The first-order chi connectivity index (χ1) is 6.95. The minimum absolute atomic E-state index is 1.05. The molecule has 0 radical (unpaired) electrons. The summed E-state index contributed by atoms with van der Waals surface area (Å²) < 4.78 is 0. The normalized spacial score (nSPS) is 16.4. The monoisotopic (exact) mass is 189 g/mol. The van der Waals surface area contributed by atoms with Crippen molar-refractivity contribution >= 4 is 11.4 Å². The number of nitrogens with zero attached hydrogens (tertiary/aromatic N) is 1. The molecule has 3 nitrogen and oxygen atoms in total. The molecule has 0 bridgehead atoms. The van der Waals surface area contributed by atoms with Crippen LogP contribution in [0.4, 0.5) is 5.69 Å². The van der Waals surface area contributed by atoms with Crippen LogP contribution >= 0.6 is 0 Å². The molecule has 14 heavy (non-hydrogen) atoms. The lowest BCUT2D eigenvalue weighted by Gasteiger charge is -2.13. The molecule has 2 rings (SSSR count). The van der Waals surface area contributed by atoms with Gasteiger partial charge in [-0.25, -0.2) is 0 Å². The summed E-state index contributed by atoms with van der Waals surface area (Å²) in [5.74, 6) is 0. The molecule has 1 fully saturated rings. The Morgan fingerprint density at radius 1 is 1.07 bits per heavy atom. The maximum Gasteiger partial charge on any atom is 0.0561 e. The van der Waals surface area contributed by atoms with E-state index in [0.29, 0.717) is 0 Å². The van der Waals surface area contributed by atoms with Gasteiger partial charge >= 0.3 is 0 Å². The van der Waals surface area contributed by atoms with Gasteiger partial charge in [0.25, 0.3) is 0 Å². The van der Waals surface area contributed by atoms with Gasteiger partial charge in [0.15, 0.2) is 0 Å². The van der Waals surface area contributed by atoms with E-state index in [1.807, 2.05) is 30.3 Å². The van der Waals surface area contributed by atoms with Crippen LogP contribution in [0.2, 0.25) is 0 Å². The number of benzene rings is 1. The highest BCUT2D eigenvalue weighted by Crippen LogP contribution is 2.06. The summed E-state index contributed by atoms with van der Waals surface area (Å²) in [6, 6.07) is 10.1. The number of piperidine rings is 1. The second-order valence-corrected chi connectivity index (χ2v) is 3.41. The van der Waals surface area contributed by atoms with Crippen molar-refractivity contribution < 1.29 is 0 Å². The van der Waals surface area contributed by atoms with Crippen molar-refractivity contribution in [3.8, 4) is 0 Å². The van der Waals surface area contributed by atoms with Crippen LogP contribution in [0.5, 0.6) is 0 Å². The summed E-state index contributed by atoms with van der Waals surface area (Å²) in [5.41, 5.74) is 5.39. The maximum atomic E-state index is 4.38. The molecule has 2 N–H and O–H groups in total. The molecule has 0 amide bonds. The third-order valence-corrected chi connectivity index (χ3v) is 2.30. The lowest BCUT2D eigenvalue weighted by atomic mass is 10.1. The van der Waals surface area contributed by atoms with E-state index in [1.165, 1.54) is 5.71 Å². The Morgan fingerprint density at radius 3 is 2.50 bits per heavy atom. The number of hydrazone groups is 1. The Hall–Kier alpha value is -1.35. The van der Waals surface area contributed by atoms with Gasteiger partial charge in [0.05, 0.1) is 5.69 Å². The molecule has 0 saturated carbocycles. The molecule has 0 unspecified atom stereocenters. The van der Waals surface area contributed by atoms with Crippen LogP contribution in [-0.2, 0) is 0 Å². The molecular weight excluding hydrogens is 174 g/mol. The first-order valence-corrected chi connectivity index (χ1v) is 5.02. The zero-order valence-corrected chi connectivity index (χ0v) is 8.16. The van der Waals surface area contributed by atoms with E-state index in [2.05, 4.69) is 15.8 Å². The summed E-state index contributed by atoms with van der Waals surface area (Å²) in [6.45, 7) is 2.10. The van der Waals surface area contributed by atoms with E-state index >= 15 is 0 Å². The minimum Gasteiger partial charge on any atom is -0.316 e. The highest BCUT2D eigenvalue weighted by Gasteiger charge is 2.04. The van der Waals surface area contributed by atoms with Gasteiger partial charge in [-0.05, 0) is 12.1 Å². The Labute approximate surface area is 84.2 Å². The van der Waals surface area contributed by atoms with Crippen LogP contribution in [0.25, 0.3) is 0 Å². The number of hydrogen-bond donors (Lipinski definition) is 2. The summed E-state index contributed by atoms with van der Waals surface area (Å²) in [5, 5.41) is 7.68. The van der Waals surface area contributed by atoms with Crippen molar-refractivity contribution in [1.82, 2.24) is 5.32 Å². The first kappa shape index (κ1) is 9.21. The number of nitrogens with one attached hydrogen (secondary N) is 2. The van der Waals surface area contributed by atoms with Crippen LogP contribution in [0, 0.1) is 0 Å². The van der Waals surface area contributed by atoms with Crippen molar-refractivity contribution in [3.05, 3.63) is 30.3 Å². The zero-order chi connectivity index (χ0) is 9.64. The van der Waals surface area contributed by atoms with E-state index in [0.717, 1.165) is 31.6 Å². The van der Waals surface area contributed by atoms with Crippen LogP contribution in [0.1, 0.15) is 12.8 Å². The fraction of sp³-hybridized carbons (Fsp3) is 0.364. The topological polar surface area (TPSA) is 36.4 Å². The van der Waals surface area contributed by atoms with Gasteiger partial charge in [-0.15, -0.1) is 0 Å². The molecule has 1 aliphatic heterocycles. The number of rotatable bonds is 2. The van der Waals surface area contributed by atoms with E-state index in [1.54, 1.807) is 0 Å². The zero-order valence-electron chi connectivity index (χ0n) is 8.16. The third-order valence-electron chi connectivity index (χ3n) is 2.30. The number of hydrogen-bond acceptors (Lipinski definition) is 3. The summed E-state index contributed by atoms with van der Waals surface area (Å²) in [6.07, 6.45) is 2.11. The van der Waals surface area contributed by atoms with Gasteiger partial charge in [0, 0.05) is 31.6 Å².